The molecule has 1 spiro atoms. The highest BCUT2D eigenvalue weighted by Gasteiger charge is 2.43. The van der Waals surface area contributed by atoms with E-state index in [1.807, 2.05) is 0 Å². The van der Waals surface area contributed by atoms with Crippen LogP contribution in [0.4, 0.5) is 10.5 Å². The maximum Gasteiger partial charge on any atom is 0.319 e. The Bertz CT molecular complexity index is 1020. The molecule has 0 unspecified atom stereocenters. The van der Waals surface area contributed by atoms with E-state index in [-0.39, 0.29) is 30.7 Å². The highest BCUT2D eigenvalue weighted by atomic mass is 35.5. The van der Waals surface area contributed by atoms with Crippen molar-refractivity contribution in [1.82, 2.24) is 15.5 Å². The van der Waals surface area contributed by atoms with Crippen molar-refractivity contribution in [3.05, 3.63) is 28.5 Å². The summed E-state index contributed by atoms with van der Waals surface area (Å²) in [5.41, 5.74) is 1.36. The second-order valence-electron chi connectivity index (χ2n) is 8.15. The van der Waals surface area contributed by atoms with Gasteiger partial charge in [-0.05, 0) is 25.0 Å². The van der Waals surface area contributed by atoms with Crippen molar-refractivity contribution in [2.45, 2.75) is 44.1 Å². The van der Waals surface area contributed by atoms with E-state index in [2.05, 4.69) is 16.0 Å². The van der Waals surface area contributed by atoms with Gasteiger partial charge in [-0.3, -0.25) is 9.59 Å². The lowest BCUT2D eigenvalue weighted by molar-refractivity contribution is -0.128. The Balaban J connectivity index is 1.68. The number of hydrogen-bond acceptors (Lipinski definition) is 4. The summed E-state index contributed by atoms with van der Waals surface area (Å²) in [6.07, 6.45) is 4.87. The summed E-state index contributed by atoms with van der Waals surface area (Å²) in [5.74, 6) is -0.315. The lowest BCUT2D eigenvalue weighted by Gasteiger charge is -2.42. The van der Waals surface area contributed by atoms with E-state index in [4.69, 9.17) is 16.0 Å². The van der Waals surface area contributed by atoms with Gasteiger partial charge in [-0.1, -0.05) is 30.9 Å². The van der Waals surface area contributed by atoms with Crippen molar-refractivity contribution in [2.24, 2.45) is 0 Å². The molecule has 3 N–H and O–H groups in total. The Morgan fingerprint density at radius 2 is 1.97 bits per heavy atom. The number of nitrogens with zero attached hydrogens (tertiary/aromatic N) is 1. The third-order valence-corrected chi connectivity index (χ3v) is 6.18. The van der Waals surface area contributed by atoms with Gasteiger partial charge in [-0.25, -0.2) is 4.79 Å². The van der Waals surface area contributed by atoms with Crippen LogP contribution in [0.5, 0.6) is 0 Å². The third kappa shape index (κ3) is 3.60. The highest BCUT2D eigenvalue weighted by Crippen LogP contribution is 2.48. The number of hydrogen-bond donors (Lipinski definition) is 3. The van der Waals surface area contributed by atoms with E-state index in [9.17, 15) is 14.4 Å². The largest absolute Gasteiger partial charge is 0.450 e. The molecule has 9 heteroatoms. The molecule has 0 bridgehead atoms. The summed E-state index contributed by atoms with van der Waals surface area (Å²) in [4.78, 5) is 38.1. The standard InChI is InChI=1S/C21H25ClN4O4/c1-26(2)15(27)6-9-23-19(28)14-11-12-10-13(22)17-16(18(12)30-14)21(25-20(29)24-17)7-4-3-5-8-21/h10-11H,3-9H2,1-2H3,(H,23,28)(H2,24,25,29). The van der Waals surface area contributed by atoms with E-state index in [1.54, 1.807) is 26.2 Å². The maximum atomic E-state index is 12.6. The summed E-state index contributed by atoms with van der Waals surface area (Å²) < 4.78 is 5.99. The summed E-state index contributed by atoms with van der Waals surface area (Å²) in [6, 6.07) is 3.08. The molecule has 1 aliphatic heterocycles. The van der Waals surface area contributed by atoms with Gasteiger partial charge in [0.1, 0.15) is 5.58 Å². The van der Waals surface area contributed by atoms with E-state index in [0.717, 1.165) is 37.7 Å². The normalized spacial score (nSPS) is 17.2. The Kier molecular flexibility index (Phi) is 5.36. The average Bonchev–Trinajstić information content (AvgIpc) is 3.11. The number of halogens is 1. The molecule has 4 amide bonds. The first-order valence-corrected chi connectivity index (χ1v) is 10.5. The number of amides is 4. The minimum absolute atomic E-state index is 0.0678. The molecular weight excluding hydrogens is 408 g/mol. The first kappa shape index (κ1) is 20.5. The first-order valence-electron chi connectivity index (χ1n) is 10.1. The van der Waals surface area contributed by atoms with Crippen LogP contribution in [0.2, 0.25) is 5.02 Å². The number of urea groups is 1. The molecular formula is C21H25ClN4O4. The number of benzene rings is 1. The lowest BCUT2D eigenvalue weighted by Crippen LogP contribution is -2.52. The van der Waals surface area contributed by atoms with Gasteiger partial charge in [-0.15, -0.1) is 0 Å². The van der Waals surface area contributed by atoms with Crippen molar-refractivity contribution < 1.29 is 18.8 Å². The van der Waals surface area contributed by atoms with E-state index >= 15 is 0 Å². The third-order valence-electron chi connectivity index (χ3n) is 5.88. The summed E-state index contributed by atoms with van der Waals surface area (Å²) in [6.45, 7) is 0.216. The first-order chi connectivity index (χ1) is 14.3. The maximum absolute atomic E-state index is 12.6. The van der Waals surface area contributed by atoms with Crippen LogP contribution in [0, 0.1) is 0 Å². The zero-order chi connectivity index (χ0) is 21.5. The van der Waals surface area contributed by atoms with Crippen LogP contribution in [-0.4, -0.2) is 43.4 Å². The second-order valence-corrected chi connectivity index (χ2v) is 8.56. The predicted molar refractivity (Wildman–Crippen MR) is 114 cm³/mol. The second kappa shape index (κ2) is 7.83. The van der Waals surface area contributed by atoms with Crippen LogP contribution >= 0.6 is 11.6 Å². The zero-order valence-corrected chi connectivity index (χ0v) is 17.8. The molecule has 2 aliphatic rings. The van der Waals surface area contributed by atoms with Crippen LogP contribution in [0.1, 0.15) is 54.6 Å². The van der Waals surface area contributed by atoms with Crippen molar-refractivity contribution in [1.29, 1.82) is 0 Å². The molecule has 0 saturated heterocycles. The van der Waals surface area contributed by atoms with Crippen LogP contribution in [0.3, 0.4) is 0 Å². The monoisotopic (exact) mass is 432 g/mol. The van der Waals surface area contributed by atoms with Crippen molar-refractivity contribution in [3.8, 4) is 0 Å². The van der Waals surface area contributed by atoms with Crippen molar-refractivity contribution >= 4 is 46.1 Å². The van der Waals surface area contributed by atoms with Gasteiger partial charge < -0.3 is 25.3 Å². The predicted octanol–water partition coefficient (Wildman–Crippen LogP) is 3.59. The van der Waals surface area contributed by atoms with E-state index < -0.39 is 11.4 Å². The molecule has 1 aromatic heterocycles. The SMILES string of the molecule is CN(C)C(=O)CCNC(=O)c1cc2cc(Cl)c3c(c2o1)C1(CCCCC1)NC(=O)N3. The van der Waals surface area contributed by atoms with Gasteiger partial charge in [0.2, 0.25) is 5.91 Å². The smallest absolute Gasteiger partial charge is 0.319 e. The average molecular weight is 433 g/mol. The molecule has 1 aromatic carbocycles. The Hall–Kier alpha value is -2.74. The zero-order valence-electron chi connectivity index (χ0n) is 17.1. The quantitative estimate of drug-likeness (QED) is 0.686. The van der Waals surface area contributed by atoms with Crippen molar-refractivity contribution in [2.75, 3.05) is 26.0 Å². The van der Waals surface area contributed by atoms with E-state index in [0.29, 0.717) is 21.7 Å². The number of carbonyl (C=O) groups is 3. The molecule has 1 aliphatic carbocycles. The van der Waals surface area contributed by atoms with Crippen LogP contribution in [0.15, 0.2) is 16.5 Å². The van der Waals surface area contributed by atoms with E-state index in [1.165, 1.54) is 4.90 Å². The number of carbonyl (C=O) groups excluding carboxylic acids is 3. The van der Waals surface area contributed by atoms with Gasteiger partial charge in [0.05, 0.1) is 16.2 Å². The molecule has 2 aromatic rings. The molecule has 8 nitrogen and oxygen atoms in total. The van der Waals surface area contributed by atoms with Gasteiger partial charge in [0.15, 0.2) is 5.76 Å². The van der Waals surface area contributed by atoms with Gasteiger partial charge in [-0.2, -0.15) is 0 Å². The molecule has 4 rings (SSSR count). The van der Waals surface area contributed by atoms with Gasteiger partial charge in [0, 0.05) is 38.0 Å². The Morgan fingerprint density at radius 3 is 2.67 bits per heavy atom. The highest BCUT2D eigenvalue weighted by molar-refractivity contribution is 6.35. The Labute approximate surface area is 179 Å². The fourth-order valence-electron chi connectivity index (χ4n) is 4.39. The number of fused-ring (bicyclic) bond motifs is 4. The summed E-state index contributed by atoms with van der Waals surface area (Å²) in [7, 11) is 3.34. The Morgan fingerprint density at radius 1 is 1.23 bits per heavy atom. The number of furan rings is 1. The van der Waals surface area contributed by atoms with Gasteiger partial charge >= 0.3 is 6.03 Å². The number of anilines is 1. The van der Waals surface area contributed by atoms with Crippen LogP contribution in [-0.2, 0) is 10.3 Å². The minimum Gasteiger partial charge on any atom is -0.450 e. The molecule has 1 saturated carbocycles. The van der Waals surface area contributed by atoms with Gasteiger partial charge in [0.25, 0.3) is 5.91 Å². The summed E-state index contributed by atoms with van der Waals surface area (Å²) >= 11 is 6.50. The molecule has 0 radical (unpaired) electrons. The van der Waals surface area contributed by atoms with Crippen LogP contribution < -0.4 is 16.0 Å². The van der Waals surface area contributed by atoms with Crippen LogP contribution in [0.25, 0.3) is 11.0 Å². The minimum atomic E-state index is -0.553. The fraction of sp³-hybridized carbons (Fsp3) is 0.476. The molecule has 30 heavy (non-hydrogen) atoms. The molecule has 0 atom stereocenters. The molecule has 160 valence electrons. The lowest BCUT2D eigenvalue weighted by atomic mass is 9.74. The number of rotatable bonds is 4. The fourth-order valence-corrected chi connectivity index (χ4v) is 4.65. The molecule has 1 fully saturated rings. The summed E-state index contributed by atoms with van der Waals surface area (Å²) in [5, 5.41) is 9.74. The molecule has 2 heterocycles. The topological polar surface area (TPSA) is 104 Å². The number of nitrogens with one attached hydrogen (secondary N) is 3. The van der Waals surface area contributed by atoms with Crippen molar-refractivity contribution in [3.63, 3.8) is 0 Å².